The van der Waals surface area contributed by atoms with Gasteiger partial charge in [0.15, 0.2) is 0 Å². The molecule has 1 aliphatic heterocycles. The highest BCUT2D eigenvalue weighted by Gasteiger charge is 2.44. The van der Waals surface area contributed by atoms with Crippen LogP contribution in [-0.2, 0) is 16.6 Å². The van der Waals surface area contributed by atoms with Gasteiger partial charge in [0.2, 0.25) is 10.0 Å². The highest BCUT2D eigenvalue weighted by atomic mass is 35.5. The van der Waals surface area contributed by atoms with Crippen molar-refractivity contribution < 1.29 is 49.0 Å². The van der Waals surface area contributed by atoms with E-state index in [2.05, 4.69) is 19.8 Å². The number of ether oxygens (including phenoxy) is 2. The molecule has 4 aromatic rings. The normalized spacial score (nSPS) is 14.4. The van der Waals surface area contributed by atoms with Crippen molar-refractivity contribution in [1.29, 1.82) is 0 Å². The number of rotatable bonds is 10. The molecule has 2 aromatic heterocycles. The first-order valence-electron chi connectivity index (χ1n) is 13.3. The van der Waals surface area contributed by atoms with Gasteiger partial charge in [-0.15, -0.1) is 24.5 Å². The standard InChI is InChI=1S/C29H23ClF6N4O5S2/c1-15-23(10-25(46-15)27(41)38-19-5-17(30)6-20(8-19)39-47(2,42)43)26-24(9-21(11-37-26)40-13-28(32,33)14-40)44-12-16-3-18(31)7-22(4-16)45-29(34,35)36/h3-11,39H,12-14H2,1-2H3,(H,38,41). The molecule has 1 aliphatic rings. The number of aryl methyl sites for hydroxylation is 1. The number of nitrogens with one attached hydrogen (secondary N) is 2. The monoisotopic (exact) mass is 720 g/mol. The molecule has 250 valence electrons. The minimum absolute atomic E-state index is 0.0237. The zero-order valence-corrected chi connectivity index (χ0v) is 26.6. The van der Waals surface area contributed by atoms with Crippen LogP contribution in [0.1, 0.15) is 20.1 Å². The van der Waals surface area contributed by atoms with Crippen LogP contribution in [0.25, 0.3) is 11.3 Å². The zero-order chi connectivity index (χ0) is 34.3. The summed E-state index contributed by atoms with van der Waals surface area (Å²) in [6.07, 6.45) is -2.76. The molecule has 9 nitrogen and oxygen atoms in total. The molecule has 2 N–H and O–H groups in total. The Hall–Kier alpha value is -4.22. The molecule has 2 aromatic carbocycles. The fourth-order valence-corrected chi connectivity index (χ4v) is 6.33. The number of benzene rings is 2. The number of hydrogen-bond acceptors (Lipinski definition) is 8. The number of sulfonamides is 1. The maximum atomic E-state index is 14.1. The summed E-state index contributed by atoms with van der Waals surface area (Å²) >= 11 is 7.17. The van der Waals surface area contributed by atoms with Gasteiger partial charge >= 0.3 is 6.36 Å². The third-order valence-corrected chi connectivity index (χ3v) is 8.34. The number of anilines is 3. The quantitative estimate of drug-likeness (QED) is 0.164. The van der Waals surface area contributed by atoms with Crippen LogP contribution in [0, 0.1) is 12.7 Å². The highest BCUT2D eigenvalue weighted by Crippen LogP contribution is 2.40. The van der Waals surface area contributed by atoms with Crippen molar-refractivity contribution in [3.63, 3.8) is 0 Å². The summed E-state index contributed by atoms with van der Waals surface area (Å²) in [5.74, 6) is -5.25. The second-order valence-electron chi connectivity index (χ2n) is 10.5. The number of nitrogens with zero attached hydrogens (tertiary/aromatic N) is 2. The Balaban J connectivity index is 1.43. The first-order valence-corrected chi connectivity index (χ1v) is 16.4. The number of carbonyl (C=O) groups excluding carboxylic acids is 1. The lowest BCUT2D eigenvalue weighted by Gasteiger charge is -2.40. The van der Waals surface area contributed by atoms with Crippen molar-refractivity contribution in [2.45, 2.75) is 25.8 Å². The lowest BCUT2D eigenvalue weighted by atomic mass is 10.1. The molecule has 18 heteroatoms. The molecule has 0 radical (unpaired) electrons. The number of thiophene rings is 1. The van der Waals surface area contributed by atoms with E-state index in [0.29, 0.717) is 16.5 Å². The van der Waals surface area contributed by atoms with Crippen LogP contribution >= 0.6 is 22.9 Å². The number of carbonyl (C=O) groups is 1. The number of alkyl halides is 5. The van der Waals surface area contributed by atoms with Crippen LogP contribution in [0.15, 0.2) is 54.7 Å². The van der Waals surface area contributed by atoms with E-state index < -0.39 is 59.5 Å². The zero-order valence-electron chi connectivity index (χ0n) is 24.2. The second-order valence-corrected chi connectivity index (χ2v) is 14.0. The highest BCUT2D eigenvalue weighted by molar-refractivity contribution is 7.92. The predicted octanol–water partition coefficient (Wildman–Crippen LogP) is 7.47. The van der Waals surface area contributed by atoms with E-state index in [0.717, 1.165) is 29.7 Å². The maximum absolute atomic E-state index is 14.1. The maximum Gasteiger partial charge on any atom is 0.573 e. The molecule has 0 spiro atoms. The Morgan fingerprint density at radius 1 is 1.09 bits per heavy atom. The third kappa shape index (κ3) is 8.99. The average molecular weight is 721 g/mol. The fourth-order valence-electron chi connectivity index (χ4n) is 4.63. The Labute approximate surface area is 273 Å². The molecule has 0 unspecified atom stereocenters. The molecule has 47 heavy (non-hydrogen) atoms. The summed E-state index contributed by atoms with van der Waals surface area (Å²) in [6.45, 7) is 0.104. The molecule has 3 heterocycles. The predicted molar refractivity (Wildman–Crippen MR) is 165 cm³/mol. The second kappa shape index (κ2) is 12.8. The van der Waals surface area contributed by atoms with Crippen LogP contribution in [0.4, 0.5) is 43.4 Å². The minimum Gasteiger partial charge on any atom is -0.487 e. The average Bonchev–Trinajstić information content (AvgIpc) is 3.29. The first-order chi connectivity index (χ1) is 21.8. The number of halogens is 7. The molecular formula is C29H23ClF6N4O5S2. The summed E-state index contributed by atoms with van der Waals surface area (Å²) in [5, 5.41) is 2.80. The van der Waals surface area contributed by atoms with Gasteiger partial charge in [-0.2, -0.15) is 0 Å². The molecule has 1 saturated heterocycles. The Morgan fingerprint density at radius 2 is 1.79 bits per heavy atom. The van der Waals surface area contributed by atoms with E-state index in [1.165, 1.54) is 41.4 Å². The number of hydrogen-bond donors (Lipinski definition) is 2. The van der Waals surface area contributed by atoms with E-state index in [9.17, 15) is 39.6 Å². The van der Waals surface area contributed by atoms with Gasteiger partial charge in [-0.1, -0.05) is 11.6 Å². The van der Waals surface area contributed by atoms with Crippen LogP contribution in [0.3, 0.4) is 0 Å². The summed E-state index contributed by atoms with van der Waals surface area (Å²) in [6, 6.07) is 9.51. The topological polar surface area (TPSA) is 110 Å². The number of aromatic nitrogens is 1. The van der Waals surface area contributed by atoms with Gasteiger partial charge < -0.3 is 19.7 Å². The SMILES string of the molecule is Cc1sc(C(=O)Nc2cc(Cl)cc(NS(C)(=O)=O)c2)cc1-c1ncc(N2CC(F)(F)C2)cc1OCc1cc(F)cc(OC(F)(F)F)c1. The van der Waals surface area contributed by atoms with E-state index in [-0.39, 0.29) is 44.0 Å². The van der Waals surface area contributed by atoms with Gasteiger partial charge in [0.05, 0.1) is 41.8 Å². The molecule has 5 rings (SSSR count). The molecule has 0 atom stereocenters. The van der Waals surface area contributed by atoms with Crippen molar-refractivity contribution in [2.24, 2.45) is 0 Å². The van der Waals surface area contributed by atoms with Gasteiger partial charge in [-0.3, -0.25) is 14.5 Å². The number of amides is 1. The number of pyridine rings is 1. The summed E-state index contributed by atoms with van der Waals surface area (Å²) < 4.78 is 115. The first kappa shape index (κ1) is 34.1. The molecular weight excluding hydrogens is 698 g/mol. The van der Waals surface area contributed by atoms with Crippen LogP contribution in [-0.4, -0.2) is 50.9 Å². The van der Waals surface area contributed by atoms with E-state index >= 15 is 0 Å². The molecule has 0 saturated carbocycles. The van der Waals surface area contributed by atoms with Gasteiger partial charge in [0, 0.05) is 33.3 Å². The molecule has 0 aliphatic carbocycles. The van der Waals surface area contributed by atoms with Crippen molar-refractivity contribution in [1.82, 2.24) is 4.98 Å². The summed E-state index contributed by atoms with van der Waals surface area (Å²) in [5.41, 5.74) is 1.17. The van der Waals surface area contributed by atoms with Crippen LogP contribution in [0.5, 0.6) is 11.5 Å². The van der Waals surface area contributed by atoms with Crippen molar-refractivity contribution in [2.75, 3.05) is 34.3 Å². The van der Waals surface area contributed by atoms with Crippen molar-refractivity contribution in [3.05, 3.63) is 80.9 Å². The smallest absolute Gasteiger partial charge is 0.487 e. The van der Waals surface area contributed by atoms with Crippen LogP contribution in [0.2, 0.25) is 5.02 Å². The van der Waals surface area contributed by atoms with E-state index in [1.54, 1.807) is 6.92 Å². The third-order valence-electron chi connectivity index (χ3n) is 6.46. The van der Waals surface area contributed by atoms with Gasteiger partial charge in [0.1, 0.15) is 29.6 Å². The lowest BCUT2D eigenvalue weighted by Crippen LogP contribution is -2.56. The Kier molecular flexibility index (Phi) is 9.27. The summed E-state index contributed by atoms with van der Waals surface area (Å²) in [7, 11) is -3.62. The van der Waals surface area contributed by atoms with E-state index in [1.807, 2.05) is 0 Å². The Morgan fingerprint density at radius 3 is 2.45 bits per heavy atom. The lowest BCUT2D eigenvalue weighted by molar-refractivity contribution is -0.274. The fraction of sp³-hybridized carbons (Fsp3) is 0.241. The molecule has 1 fully saturated rings. The largest absolute Gasteiger partial charge is 0.573 e. The van der Waals surface area contributed by atoms with E-state index in [4.69, 9.17) is 16.3 Å². The summed E-state index contributed by atoms with van der Waals surface area (Å²) in [4.78, 5) is 19.7. The van der Waals surface area contributed by atoms with Gasteiger partial charge in [-0.05, 0) is 48.9 Å². The van der Waals surface area contributed by atoms with Crippen molar-refractivity contribution >= 4 is 55.9 Å². The molecule has 1 amide bonds. The molecule has 0 bridgehead atoms. The van der Waals surface area contributed by atoms with Gasteiger partial charge in [0.25, 0.3) is 11.8 Å². The van der Waals surface area contributed by atoms with Crippen LogP contribution < -0.4 is 24.4 Å². The Bertz CT molecular complexity index is 1950. The van der Waals surface area contributed by atoms with Gasteiger partial charge in [-0.25, -0.2) is 21.6 Å². The van der Waals surface area contributed by atoms with Crippen molar-refractivity contribution in [3.8, 4) is 22.8 Å². The minimum atomic E-state index is -5.06.